The molecule has 1 aromatic carbocycles. The third-order valence-corrected chi connectivity index (χ3v) is 3.27. The topological polar surface area (TPSA) is 64.8 Å². The van der Waals surface area contributed by atoms with Crippen molar-refractivity contribution in [2.75, 3.05) is 32.5 Å². The molecular formula is C14H20N2O3. The molecule has 1 fully saturated rings. The van der Waals surface area contributed by atoms with Crippen LogP contribution >= 0.6 is 0 Å². The largest absolute Gasteiger partial charge is 0.493 e. The molecule has 0 bridgehead atoms. The normalized spacial score (nSPS) is 18.6. The van der Waals surface area contributed by atoms with Gasteiger partial charge in [0.25, 0.3) is 0 Å². The number of hydrogen-bond acceptors (Lipinski definition) is 4. The van der Waals surface area contributed by atoms with Crippen molar-refractivity contribution in [3.8, 4) is 5.75 Å². The van der Waals surface area contributed by atoms with E-state index in [0.717, 1.165) is 13.0 Å². The van der Waals surface area contributed by atoms with Gasteiger partial charge in [-0.2, -0.15) is 0 Å². The minimum absolute atomic E-state index is 0.114. The summed E-state index contributed by atoms with van der Waals surface area (Å²) >= 11 is 0. The summed E-state index contributed by atoms with van der Waals surface area (Å²) in [5.74, 6) is 0.812. The van der Waals surface area contributed by atoms with Crippen LogP contribution in [0, 0.1) is 0 Å². The van der Waals surface area contributed by atoms with E-state index in [1.54, 1.807) is 19.2 Å². The summed E-state index contributed by atoms with van der Waals surface area (Å²) in [6.07, 6.45) is 1.47. The van der Waals surface area contributed by atoms with E-state index in [9.17, 15) is 4.79 Å². The molecule has 1 amide bonds. The number of carbonyl (C=O) groups excluding carboxylic acids is 1. The van der Waals surface area contributed by atoms with Crippen molar-refractivity contribution in [3.05, 3.63) is 24.3 Å². The maximum atomic E-state index is 11.9. The number of amides is 1. The zero-order valence-corrected chi connectivity index (χ0v) is 11.2. The fraction of sp³-hybridized carbons (Fsp3) is 0.500. The van der Waals surface area contributed by atoms with Crippen molar-refractivity contribution in [2.24, 2.45) is 0 Å². The smallest absolute Gasteiger partial charge is 0.226 e. The Balaban J connectivity index is 1.72. The second-order valence-electron chi connectivity index (χ2n) is 4.66. The van der Waals surface area contributed by atoms with E-state index in [1.165, 1.54) is 0 Å². The molecule has 5 nitrogen and oxygen atoms in total. The minimum atomic E-state index is 0.114. The molecule has 1 heterocycles. The second kappa shape index (κ2) is 6.43. The minimum Gasteiger partial charge on any atom is -0.493 e. The summed E-state index contributed by atoms with van der Waals surface area (Å²) in [5, 5.41) is 0. The standard InChI is InChI=1S/C14H20N2O3/c1-18-13-5-7-16(10-13)14(17)6-8-19-12-4-2-3-11(15)9-12/h2-4,9,13H,5-8,10,15H2,1H3. The zero-order valence-electron chi connectivity index (χ0n) is 11.2. The van der Waals surface area contributed by atoms with Gasteiger partial charge in [-0.3, -0.25) is 4.79 Å². The van der Waals surface area contributed by atoms with Crippen LogP contribution in [0.1, 0.15) is 12.8 Å². The van der Waals surface area contributed by atoms with Crippen LogP contribution in [0.3, 0.4) is 0 Å². The number of nitrogens with zero attached hydrogens (tertiary/aromatic N) is 1. The first-order valence-corrected chi connectivity index (χ1v) is 6.48. The lowest BCUT2D eigenvalue weighted by Gasteiger charge is -2.16. The summed E-state index contributed by atoms with van der Waals surface area (Å²) in [5.41, 5.74) is 6.31. The van der Waals surface area contributed by atoms with Crippen LogP contribution in [0.2, 0.25) is 0 Å². The number of methoxy groups -OCH3 is 1. The van der Waals surface area contributed by atoms with Crippen molar-refractivity contribution in [2.45, 2.75) is 18.9 Å². The molecule has 0 aromatic heterocycles. The molecule has 0 spiro atoms. The van der Waals surface area contributed by atoms with Crippen LogP contribution in [0.5, 0.6) is 5.75 Å². The van der Waals surface area contributed by atoms with E-state index in [1.807, 2.05) is 17.0 Å². The van der Waals surface area contributed by atoms with Gasteiger partial charge >= 0.3 is 0 Å². The summed E-state index contributed by atoms with van der Waals surface area (Å²) in [6.45, 7) is 1.83. The van der Waals surface area contributed by atoms with E-state index in [-0.39, 0.29) is 12.0 Å². The summed E-state index contributed by atoms with van der Waals surface area (Å²) in [6, 6.07) is 7.21. The predicted octanol–water partition coefficient (Wildman–Crippen LogP) is 1.28. The van der Waals surface area contributed by atoms with Gasteiger partial charge in [-0.05, 0) is 18.6 Å². The number of likely N-dealkylation sites (tertiary alicyclic amines) is 1. The number of carbonyl (C=O) groups is 1. The molecule has 5 heteroatoms. The van der Waals surface area contributed by atoms with Crippen LogP contribution in [0.25, 0.3) is 0 Å². The quantitative estimate of drug-likeness (QED) is 0.814. The summed E-state index contributed by atoms with van der Waals surface area (Å²) in [7, 11) is 1.68. The summed E-state index contributed by atoms with van der Waals surface area (Å²) in [4.78, 5) is 13.8. The first-order chi connectivity index (χ1) is 9.19. The maximum Gasteiger partial charge on any atom is 0.226 e. The van der Waals surface area contributed by atoms with E-state index in [2.05, 4.69) is 0 Å². The lowest BCUT2D eigenvalue weighted by atomic mass is 10.3. The molecule has 1 atom stereocenters. The lowest BCUT2D eigenvalue weighted by molar-refractivity contribution is -0.131. The van der Waals surface area contributed by atoms with Crippen LogP contribution in [0.15, 0.2) is 24.3 Å². The van der Waals surface area contributed by atoms with Gasteiger partial charge in [-0.25, -0.2) is 0 Å². The Morgan fingerprint density at radius 1 is 1.53 bits per heavy atom. The van der Waals surface area contributed by atoms with E-state index in [0.29, 0.717) is 31.0 Å². The van der Waals surface area contributed by atoms with E-state index >= 15 is 0 Å². The fourth-order valence-electron chi connectivity index (χ4n) is 2.17. The Kier molecular flexibility index (Phi) is 4.63. The van der Waals surface area contributed by atoms with Gasteiger partial charge in [-0.1, -0.05) is 6.07 Å². The Labute approximate surface area is 113 Å². The number of hydrogen-bond donors (Lipinski definition) is 1. The van der Waals surface area contributed by atoms with E-state index in [4.69, 9.17) is 15.2 Å². The monoisotopic (exact) mass is 264 g/mol. The number of ether oxygens (including phenoxy) is 2. The van der Waals surface area contributed by atoms with Crippen molar-refractivity contribution >= 4 is 11.6 Å². The van der Waals surface area contributed by atoms with Gasteiger partial charge in [0.15, 0.2) is 0 Å². The highest BCUT2D eigenvalue weighted by Gasteiger charge is 2.25. The average Bonchev–Trinajstić information content (AvgIpc) is 2.87. The fourth-order valence-corrected chi connectivity index (χ4v) is 2.17. The molecule has 104 valence electrons. The van der Waals surface area contributed by atoms with Crippen molar-refractivity contribution in [3.63, 3.8) is 0 Å². The van der Waals surface area contributed by atoms with Gasteiger partial charge in [0, 0.05) is 32.0 Å². The van der Waals surface area contributed by atoms with Gasteiger partial charge in [0.2, 0.25) is 5.91 Å². The molecular weight excluding hydrogens is 244 g/mol. The summed E-state index contributed by atoms with van der Waals surface area (Å²) < 4.78 is 10.8. The molecule has 1 aliphatic heterocycles. The molecule has 1 unspecified atom stereocenters. The third kappa shape index (κ3) is 3.86. The number of benzene rings is 1. The highest BCUT2D eigenvalue weighted by atomic mass is 16.5. The second-order valence-corrected chi connectivity index (χ2v) is 4.66. The first kappa shape index (κ1) is 13.7. The predicted molar refractivity (Wildman–Crippen MR) is 73.0 cm³/mol. The van der Waals surface area contributed by atoms with Crippen LogP contribution in [0.4, 0.5) is 5.69 Å². The molecule has 1 saturated heterocycles. The van der Waals surface area contributed by atoms with Crippen LogP contribution in [-0.2, 0) is 9.53 Å². The molecule has 2 N–H and O–H groups in total. The first-order valence-electron chi connectivity index (χ1n) is 6.48. The van der Waals surface area contributed by atoms with Gasteiger partial charge < -0.3 is 20.1 Å². The number of rotatable bonds is 5. The molecule has 0 aliphatic carbocycles. The van der Waals surface area contributed by atoms with Gasteiger partial charge in [-0.15, -0.1) is 0 Å². The number of nitrogens with two attached hydrogens (primary N) is 1. The van der Waals surface area contributed by atoms with Crippen LogP contribution < -0.4 is 10.5 Å². The highest BCUT2D eigenvalue weighted by Crippen LogP contribution is 2.16. The molecule has 2 rings (SSSR count). The number of nitrogen functional groups attached to an aromatic ring is 1. The molecule has 0 radical (unpaired) electrons. The molecule has 1 aliphatic rings. The average molecular weight is 264 g/mol. The maximum absolute atomic E-state index is 11.9. The third-order valence-electron chi connectivity index (χ3n) is 3.27. The molecule has 1 aromatic rings. The SMILES string of the molecule is COC1CCN(C(=O)CCOc2cccc(N)c2)C1. The van der Waals surface area contributed by atoms with Crippen molar-refractivity contribution in [1.29, 1.82) is 0 Å². The number of anilines is 1. The van der Waals surface area contributed by atoms with Crippen molar-refractivity contribution < 1.29 is 14.3 Å². The Morgan fingerprint density at radius 3 is 3.05 bits per heavy atom. The Hall–Kier alpha value is -1.75. The molecule has 0 saturated carbocycles. The zero-order chi connectivity index (χ0) is 13.7. The molecule has 19 heavy (non-hydrogen) atoms. The van der Waals surface area contributed by atoms with E-state index < -0.39 is 0 Å². The van der Waals surface area contributed by atoms with Crippen LogP contribution in [-0.4, -0.2) is 43.7 Å². The Bertz CT molecular complexity index is 436. The lowest BCUT2D eigenvalue weighted by Crippen LogP contribution is -2.30. The highest BCUT2D eigenvalue weighted by molar-refractivity contribution is 5.76. The Morgan fingerprint density at radius 2 is 2.37 bits per heavy atom. The van der Waals surface area contributed by atoms with Gasteiger partial charge in [0.1, 0.15) is 5.75 Å². The van der Waals surface area contributed by atoms with Gasteiger partial charge in [0.05, 0.1) is 19.1 Å². The van der Waals surface area contributed by atoms with Crippen molar-refractivity contribution in [1.82, 2.24) is 4.90 Å².